The van der Waals surface area contributed by atoms with E-state index in [0.717, 1.165) is 77.0 Å². The highest BCUT2D eigenvalue weighted by Crippen LogP contribution is 2.42. The molecule has 0 bridgehead atoms. The summed E-state index contributed by atoms with van der Waals surface area (Å²) >= 11 is 0. The van der Waals surface area contributed by atoms with Crippen LogP contribution in [-0.2, 0) is 27.9 Å². The Balaban J connectivity index is 3.71. The molecule has 0 heterocycles. The normalized spacial score (nSPS) is 14.2. The molecule has 0 rings (SSSR count). The van der Waals surface area contributed by atoms with Gasteiger partial charge in [0.1, 0.15) is 12.7 Å². The summed E-state index contributed by atoms with van der Waals surface area (Å²) in [6.07, 6.45) is 37.4. The summed E-state index contributed by atoms with van der Waals surface area (Å²) in [6, 6.07) is 0. The molecule has 0 aliphatic heterocycles. The van der Waals surface area contributed by atoms with Crippen molar-refractivity contribution in [1.82, 2.24) is 5.32 Å². The van der Waals surface area contributed by atoms with Gasteiger partial charge in [-0.05, 0) is 57.8 Å². The Hall–Kier alpha value is -2.29. The second kappa shape index (κ2) is 33.6. The summed E-state index contributed by atoms with van der Waals surface area (Å²) in [7, 11) is -4.41. The van der Waals surface area contributed by atoms with Crippen LogP contribution < -0.4 is 5.32 Å². The van der Waals surface area contributed by atoms with Gasteiger partial charge in [-0.3, -0.25) is 18.6 Å². The molecule has 270 valence electrons. The van der Waals surface area contributed by atoms with Gasteiger partial charge in [0.2, 0.25) is 5.91 Å². The Morgan fingerprint density at radius 1 is 0.681 bits per heavy atom. The molecule has 0 aromatic rings. The summed E-state index contributed by atoms with van der Waals surface area (Å²) in [4.78, 5) is 33.6. The molecule has 0 spiro atoms. The van der Waals surface area contributed by atoms with Gasteiger partial charge in [-0.1, -0.05) is 120 Å². The maximum Gasteiger partial charge on any atom is 0.472 e. The van der Waals surface area contributed by atoms with Crippen LogP contribution in [-0.4, -0.2) is 54.3 Å². The predicted molar refractivity (Wildman–Crippen MR) is 192 cm³/mol. The first kappa shape index (κ1) is 44.7. The molecule has 0 aromatic heterocycles. The van der Waals surface area contributed by atoms with Crippen molar-refractivity contribution < 1.29 is 37.9 Å². The van der Waals surface area contributed by atoms with Crippen molar-refractivity contribution >= 4 is 19.7 Å². The fourth-order valence-electron chi connectivity index (χ4n) is 4.29. The third-order valence-corrected chi connectivity index (χ3v) is 7.95. The van der Waals surface area contributed by atoms with Crippen LogP contribution in [0.5, 0.6) is 0 Å². The maximum atomic E-state index is 12.0. The van der Waals surface area contributed by atoms with Crippen molar-refractivity contribution in [2.75, 3.05) is 26.4 Å². The molecule has 0 aliphatic carbocycles. The number of aliphatic hydroxyl groups excluding tert-OH is 1. The van der Waals surface area contributed by atoms with Gasteiger partial charge in [-0.25, -0.2) is 4.57 Å². The highest BCUT2D eigenvalue weighted by Gasteiger charge is 2.23. The van der Waals surface area contributed by atoms with Gasteiger partial charge < -0.3 is 20.1 Å². The van der Waals surface area contributed by atoms with Crippen LogP contribution in [0.2, 0.25) is 0 Å². The van der Waals surface area contributed by atoms with Crippen LogP contribution in [0.1, 0.15) is 129 Å². The van der Waals surface area contributed by atoms with E-state index in [9.17, 15) is 24.2 Å². The number of carbonyl (C=O) groups excluding carboxylic acids is 2. The number of unbranched alkanes of at least 4 members (excludes halogenated alkanes) is 9. The second-order valence-electron chi connectivity index (χ2n) is 11.5. The van der Waals surface area contributed by atoms with Crippen molar-refractivity contribution in [3.8, 4) is 0 Å². The van der Waals surface area contributed by atoms with E-state index in [4.69, 9.17) is 13.8 Å². The topological polar surface area (TPSA) is 131 Å². The van der Waals surface area contributed by atoms with E-state index in [2.05, 4.69) is 79.9 Å². The number of aliphatic hydroxyl groups is 1. The molecular formula is C37H64NO8P. The number of hydrogen-bond acceptors (Lipinski definition) is 7. The Morgan fingerprint density at radius 3 is 1.83 bits per heavy atom. The number of hydrogen-bond donors (Lipinski definition) is 3. The minimum atomic E-state index is -4.41. The highest BCUT2D eigenvalue weighted by atomic mass is 31.2. The van der Waals surface area contributed by atoms with Crippen molar-refractivity contribution in [2.24, 2.45) is 0 Å². The number of esters is 1. The van der Waals surface area contributed by atoms with Crippen molar-refractivity contribution in [3.05, 3.63) is 60.8 Å². The zero-order valence-electron chi connectivity index (χ0n) is 29.2. The molecule has 0 radical (unpaired) electrons. The number of carbonyl (C=O) groups is 2. The first-order valence-electron chi connectivity index (χ1n) is 17.8. The van der Waals surface area contributed by atoms with Crippen molar-refractivity contribution in [3.63, 3.8) is 0 Å². The third-order valence-electron chi connectivity index (χ3n) is 6.96. The molecule has 2 unspecified atom stereocenters. The zero-order valence-corrected chi connectivity index (χ0v) is 30.1. The largest absolute Gasteiger partial charge is 0.472 e. The summed E-state index contributed by atoms with van der Waals surface area (Å²) in [5.41, 5.74) is 0. The van der Waals surface area contributed by atoms with Crippen LogP contribution >= 0.6 is 7.82 Å². The standard InChI is InChI=1S/C37H64NO8P/c1-3-5-7-9-11-12-13-14-15-16-17-18-19-20-21-22-24-25-27-29-36(40)38-31-32-45-47(42,43)46-34-35(39)33-44-37(41)30-28-26-23-10-8-6-4-2/h5,7,11-12,14-15,17-18,20-21,35,39H,3-4,6,8-10,13,16,19,22-34H2,1-2H3,(H,38,40)(H,42,43)/b7-5-,12-11-,15-14-,18-17-,21-20-. The van der Waals surface area contributed by atoms with Crippen LogP contribution in [0.3, 0.4) is 0 Å². The Labute approximate surface area is 285 Å². The Kier molecular flexibility index (Phi) is 32.0. The monoisotopic (exact) mass is 681 g/mol. The first-order valence-corrected chi connectivity index (χ1v) is 19.3. The summed E-state index contributed by atoms with van der Waals surface area (Å²) in [5.74, 6) is -0.562. The Morgan fingerprint density at radius 2 is 1.21 bits per heavy atom. The van der Waals surface area contributed by atoms with Gasteiger partial charge in [0.25, 0.3) is 0 Å². The molecule has 47 heavy (non-hydrogen) atoms. The summed E-state index contributed by atoms with van der Waals surface area (Å²) in [6.45, 7) is 3.31. The fourth-order valence-corrected chi connectivity index (χ4v) is 5.04. The first-order chi connectivity index (χ1) is 22.8. The number of allylic oxidation sites excluding steroid dienone is 10. The van der Waals surface area contributed by atoms with Crippen LogP contribution in [0.15, 0.2) is 60.8 Å². The lowest BCUT2D eigenvalue weighted by Gasteiger charge is -2.15. The van der Waals surface area contributed by atoms with E-state index in [-0.39, 0.29) is 32.1 Å². The van der Waals surface area contributed by atoms with Gasteiger partial charge in [0.05, 0.1) is 13.2 Å². The predicted octanol–water partition coefficient (Wildman–Crippen LogP) is 8.98. The lowest BCUT2D eigenvalue weighted by atomic mass is 10.1. The molecule has 2 atom stereocenters. The minimum absolute atomic E-state index is 0.0611. The number of ether oxygens (including phenoxy) is 1. The molecule has 0 aromatic carbocycles. The molecule has 1 amide bonds. The second-order valence-corrected chi connectivity index (χ2v) is 12.9. The maximum absolute atomic E-state index is 12.0. The van der Waals surface area contributed by atoms with Crippen LogP contribution in [0.4, 0.5) is 0 Å². The van der Waals surface area contributed by atoms with Crippen molar-refractivity contribution in [1.29, 1.82) is 0 Å². The highest BCUT2D eigenvalue weighted by molar-refractivity contribution is 7.47. The molecule has 9 nitrogen and oxygen atoms in total. The molecular weight excluding hydrogens is 617 g/mol. The quantitative estimate of drug-likeness (QED) is 0.0278. The molecule has 0 aliphatic rings. The zero-order chi connectivity index (χ0) is 34.7. The number of nitrogens with one attached hydrogen (secondary N) is 1. The van der Waals surface area contributed by atoms with Gasteiger partial charge in [0, 0.05) is 19.4 Å². The lowest BCUT2D eigenvalue weighted by molar-refractivity contribution is -0.147. The molecule has 0 saturated heterocycles. The van der Waals surface area contributed by atoms with E-state index in [1.54, 1.807) is 0 Å². The van der Waals surface area contributed by atoms with E-state index in [1.165, 1.54) is 25.7 Å². The average molecular weight is 682 g/mol. The van der Waals surface area contributed by atoms with E-state index < -0.39 is 26.5 Å². The summed E-state index contributed by atoms with van der Waals surface area (Å²) < 4.78 is 26.6. The Bertz CT molecular complexity index is 960. The molecule has 10 heteroatoms. The van der Waals surface area contributed by atoms with Gasteiger partial charge in [0.15, 0.2) is 0 Å². The number of phosphoric acid groups is 1. The van der Waals surface area contributed by atoms with E-state index in [1.807, 2.05) is 0 Å². The fraction of sp³-hybridized carbons (Fsp3) is 0.676. The van der Waals surface area contributed by atoms with E-state index >= 15 is 0 Å². The number of amides is 1. The lowest BCUT2D eigenvalue weighted by Crippen LogP contribution is -2.27. The minimum Gasteiger partial charge on any atom is -0.463 e. The van der Waals surface area contributed by atoms with Gasteiger partial charge in [-0.2, -0.15) is 0 Å². The molecule has 0 saturated carbocycles. The van der Waals surface area contributed by atoms with Crippen LogP contribution in [0.25, 0.3) is 0 Å². The third kappa shape index (κ3) is 34.9. The number of phosphoric ester groups is 1. The van der Waals surface area contributed by atoms with E-state index in [0.29, 0.717) is 6.42 Å². The smallest absolute Gasteiger partial charge is 0.463 e. The molecule has 3 N–H and O–H groups in total. The van der Waals surface area contributed by atoms with Gasteiger partial charge in [-0.15, -0.1) is 0 Å². The average Bonchev–Trinajstić information content (AvgIpc) is 3.05. The van der Waals surface area contributed by atoms with Crippen molar-refractivity contribution in [2.45, 2.75) is 136 Å². The van der Waals surface area contributed by atoms with Crippen LogP contribution in [0, 0.1) is 0 Å². The molecule has 0 fully saturated rings. The SMILES string of the molecule is CC/C=C\C/C=C\C/C=C\C/C=C\C/C=C\CCCCCC(=O)NCCOP(=O)(O)OCC(O)COC(=O)CCCCCCCCC. The summed E-state index contributed by atoms with van der Waals surface area (Å²) in [5, 5.41) is 12.5. The van der Waals surface area contributed by atoms with Gasteiger partial charge >= 0.3 is 13.8 Å². The number of rotatable bonds is 32.